The van der Waals surface area contributed by atoms with Crippen LogP contribution in [0.25, 0.3) is 11.3 Å². The Hall–Kier alpha value is -3.84. The number of piperazine rings is 1. The molecule has 0 saturated carbocycles. The number of hydrogen-bond donors (Lipinski definition) is 3. The monoisotopic (exact) mass is 406 g/mol. The molecule has 1 saturated heterocycles. The molecule has 0 unspecified atom stereocenters. The Labute approximate surface area is 173 Å². The molecular weight excluding hydrogens is 384 g/mol. The van der Waals surface area contributed by atoms with Crippen LogP contribution in [0.4, 0.5) is 17.3 Å². The van der Waals surface area contributed by atoms with Gasteiger partial charge >= 0.3 is 0 Å². The number of rotatable bonds is 6. The lowest BCUT2D eigenvalue weighted by molar-refractivity contribution is 0.397. The second-order valence-corrected chi connectivity index (χ2v) is 6.65. The Morgan fingerprint density at radius 2 is 1.77 bits per heavy atom. The third-order valence-corrected chi connectivity index (χ3v) is 4.84. The molecule has 1 fully saturated rings. The van der Waals surface area contributed by atoms with Crippen LogP contribution in [0.15, 0.2) is 30.6 Å². The van der Waals surface area contributed by atoms with E-state index in [9.17, 15) is 0 Å². The van der Waals surface area contributed by atoms with Crippen molar-refractivity contribution < 1.29 is 9.47 Å². The fourth-order valence-corrected chi connectivity index (χ4v) is 3.36. The van der Waals surface area contributed by atoms with E-state index < -0.39 is 0 Å². The number of hydrogen-bond acceptors (Lipinski definition) is 9. The first-order valence-corrected chi connectivity index (χ1v) is 9.48. The minimum Gasteiger partial charge on any atom is -0.496 e. The lowest BCUT2D eigenvalue weighted by Crippen LogP contribution is -2.43. The molecule has 0 radical (unpaired) electrons. The average molecular weight is 406 g/mol. The smallest absolute Gasteiger partial charge is 0.158 e. The summed E-state index contributed by atoms with van der Waals surface area (Å²) in [6.45, 7) is 3.74. The van der Waals surface area contributed by atoms with Gasteiger partial charge in [-0.25, -0.2) is 9.97 Å². The van der Waals surface area contributed by atoms with Crippen molar-refractivity contribution in [2.75, 3.05) is 50.6 Å². The summed E-state index contributed by atoms with van der Waals surface area (Å²) in [7, 11) is 3.28. The molecule has 30 heavy (non-hydrogen) atoms. The van der Waals surface area contributed by atoms with E-state index in [1.54, 1.807) is 14.2 Å². The van der Waals surface area contributed by atoms with Crippen LogP contribution < -0.4 is 25.0 Å². The van der Waals surface area contributed by atoms with Crippen molar-refractivity contribution in [3.05, 3.63) is 36.3 Å². The van der Waals surface area contributed by atoms with Gasteiger partial charge in [-0.15, -0.1) is 0 Å². The molecule has 3 aromatic rings. The molecule has 1 aliphatic rings. The van der Waals surface area contributed by atoms with Gasteiger partial charge in [0, 0.05) is 50.1 Å². The zero-order chi connectivity index (χ0) is 20.9. The van der Waals surface area contributed by atoms with Crippen LogP contribution >= 0.6 is 0 Å². The molecule has 0 atom stereocenters. The van der Waals surface area contributed by atoms with E-state index in [-0.39, 0.29) is 5.69 Å². The van der Waals surface area contributed by atoms with Crippen molar-refractivity contribution in [3.8, 4) is 28.8 Å². The van der Waals surface area contributed by atoms with E-state index in [4.69, 9.17) is 14.7 Å². The minimum absolute atomic E-state index is 0.252. The van der Waals surface area contributed by atoms with Gasteiger partial charge in [-0.2, -0.15) is 10.4 Å². The largest absolute Gasteiger partial charge is 0.496 e. The van der Waals surface area contributed by atoms with Gasteiger partial charge in [0.25, 0.3) is 0 Å². The Bertz CT molecular complexity index is 1030. The normalized spacial score (nSPS) is 13.6. The molecule has 0 aliphatic carbocycles. The van der Waals surface area contributed by atoms with Gasteiger partial charge in [0.05, 0.1) is 37.9 Å². The molecule has 10 nitrogen and oxygen atoms in total. The fourth-order valence-electron chi connectivity index (χ4n) is 3.36. The number of anilines is 3. The SMILES string of the molecule is COc1cc(N2CCNCC2)cc(OC)c1-c1cc(Nc2cnc(C#N)cn2)n[nH]1. The van der Waals surface area contributed by atoms with E-state index in [1.165, 1.54) is 12.4 Å². The number of aromatic nitrogens is 4. The first-order valence-electron chi connectivity index (χ1n) is 9.48. The van der Waals surface area contributed by atoms with E-state index in [0.29, 0.717) is 23.1 Å². The molecule has 0 spiro atoms. The van der Waals surface area contributed by atoms with Gasteiger partial charge < -0.3 is 25.0 Å². The van der Waals surface area contributed by atoms with Gasteiger partial charge in [-0.1, -0.05) is 0 Å². The molecule has 2 aromatic heterocycles. The van der Waals surface area contributed by atoms with Crippen LogP contribution in [0.2, 0.25) is 0 Å². The molecule has 0 bridgehead atoms. The van der Waals surface area contributed by atoms with Crippen LogP contribution in [-0.2, 0) is 0 Å². The summed E-state index contributed by atoms with van der Waals surface area (Å²) in [5.74, 6) is 2.42. The summed E-state index contributed by atoms with van der Waals surface area (Å²) in [6.07, 6.45) is 2.88. The fraction of sp³-hybridized carbons (Fsp3) is 0.300. The molecular formula is C20H22N8O2. The number of nitriles is 1. The topological polar surface area (TPSA) is 124 Å². The van der Waals surface area contributed by atoms with Crippen LogP contribution in [0.1, 0.15) is 5.69 Å². The third-order valence-electron chi connectivity index (χ3n) is 4.84. The summed E-state index contributed by atoms with van der Waals surface area (Å²) in [5, 5.41) is 22.6. The van der Waals surface area contributed by atoms with Gasteiger partial charge in [0.2, 0.25) is 0 Å². The predicted molar refractivity (Wildman–Crippen MR) is 112 cm³/mol. The second kappa shape index (κ2) is 8.67. The maximum atomic E-state index is 8.83. The van der Waals surface area contributed by atoms with Crippen molar-refractivity contribution in [2.24, 2.45) is 0 Å². The maximum absolute atomic E-state index is 8.83. The molecule has 4 rings (SSSR count). The highest BCUT2D eigenvalue weighted by atomic mass is 16.5. The Morgan fingerprint density at radius 3 is 2.37 bits per heavy atom. The highest BCUT2D eigenvalue weighted by Crippen LogP contribution is 2.42. The number of aromatic amines is 1. The molecule has 3 N–H and O–H groups in total. The zero-order valence-electron chi connectivity index (χ0n) is 16.8. The summed E-state index contributed by atoms with van der Waals surface area (Å²) in [6, 6.07) is 7.81. The molecule has 1 aliphatic heterocycles. The average Bonchev–Trinajstić information content (AvgIpc) is 3.27. The van der Waals surface area contributed by atoms with Gasteiger partial charge in [-0.3, -0.25) is 5.10 Å². The lowest BCUT2D eigenvalue weighted by atomic mass is 10.1. The van der Waals surface area contributed by atoms with Crippen molar-refractivity contribution in [2.45, 2.75) is 0 Å². The quantitative estimate of drug-likeness (QED) is 0.563. The number of nitrogens with one attached hydrogen (secondary N) is 3. The molecule has 10 heteroatoms. The lowest BCUT2D eigenvalue weighted by Gasteiger charge is -2.30. The first-order chi connectivity index (χ1) is 14.7. The summed E-state index contributed by atoms with van der Waals surface area (Å²) in [5.41, 5.74) is 2.83. The second-order valence-electron chi connectivity index (χ2n) is 6.65. The van der Waals surface area contributed by atoms with Gasteiger partial charge in [-0.05, 0) is 0 Å². The van der Waals surface area contributed by atoms with Crippen LogP contribution in [-0.4, -0.2) is 60.6 Å². The van der Waals surface area contributed by atoms with Gasteiger partial charge in [0.1, 0.15) is 23.4 Å². The highest BCUT2D eigenvalue weighted by Gasteiger charge is 2.20. The van der Waals surface area contributed by atoms with Crippen molar-refractivity contribution in [3.63, 3.8) is 0 Å². The van der Waals surface area contributed by atoms with E-state index >= 15 is 0 Å². The Kier molecular flexibility index (Phi) is 5.63. The standard InChI is InChI=1S/C20H22N8O2/c1-29-16-7-14(28-5-3-22-4-6-28)8-17(30-2)20(16)15-9-18(27-26-15)25-19-12-23-13(10-21)11-24-19/h7-9,11-12,22H,3-6H2,1-2H3,(H2,24,25,26,27). The van der Waals surface area contributed by atoms with E-state index in [0.717, 1.165) is 43.1 Å². The number of benzene rings is 1. The molecule has 1 aromatic carbocycles. The predicted octanol–water partition coefficient (Wildman–Crippen LogP) is 1.91. The van der Waals surface area contributed by atoms with Crippen LogP contribution in [0, 0.1) is 11.3 Å². The summed E-state index contributed by atoms with van der Waals surface area (Å²) in [4.78, 5) is 10.4. The van der Waals surface area contributed by atoms with Crippen LogP contribution in [0.3, 0.4) is 0 Å². The third kappa shape index (κ3) is 3.97. The minimum atomic E-state index is 0.252. The zero-order valence-corrected chi connectivity index (χ0v) is 16.8. The van der Waals surface area contributed by atoms with Crippen LogP contribution in [0.5, 0.6) is 11.5 Å². The Balaban J connectivity index is 1.63. The number of H-pyrrole nitrogens is 1. The first kappa shape index (κ1) is 19.5. The maximum Gasteiger partial charge on any atom is 0.158 e. The molecule has 0 amide bonds. The molecule has 3 heterocycles. The van der Waals surface area contributed by atoms with Gasteiger partial charge in [0.15, 0.2) is 11.5 Å². The number of ether oxygens (including phenoxy) is 2. The highest BCUT2D eigenvalue weighted by molar-refractivity contribution is 5.80. The summed E-state index contributed by atoms with van der Waals surface area (Å²) < 4.78 is 11.4. The van der Waals surface area contributed by atoms with E-state index in [2.05, 4.69) is 35.7 Å². The molecule has 154 valence electrons. The van der Waals surface area contributed by atoms with Crippen molar-refractivity contribution in [1.29, 1.82) is 5.26 Å². The number of nitrogens with zero attached hydrogens (tertiary/aromatic N) is 5. The number of methoxy groups -OCH3 is 2. The summed E-state index contributed by atoms with van der Waals surface area (Å²) >= 11 is 0. The van der Waals surface area contributed by atoms with E-state index in [1.807, 2.05) is 24.3 Å². The Morgan fingerprint density at radius 1 is 1.03 bits per heavy atom. The van der Waals surface area contributed by atoms with Crippen molar-refractivity contribution >= 4 is 17.3 Å². The van der Waals surface area contributed by atoms with Crippen molar-refractivity contribution in [1.82, 2.24) is 25.5 Å².